The van der Waals surface area contributed by atoms with Crippen molar-refractivity contribution in [2.24, 2.45) is 15.7 Å². The molecule has 1 heterocycles. The number of hydrogen-bond donors (Lipinski definition) is 4. The molecule has 0 radical (unpaired) electrons. The Balaban J connectivity index is 1.62. The van der Waals surface area contributed by atoms with Gasteiger partial charge >= 0.3 is 0 Å². The molecule has 1 aliphatic heterocycles. The second-order valence-electron chi connectivity index (χ2n) is 7.02. The fourth-order valence-electron chi connectivity index (χ4n) is 2.80. The third-order valence-electron chi connectivity index (χ3n) is 4.41. The van der Waals surface area contributed by atoms with Crippen LogP contribution in [0, 0.1) is 20.8 Å². The van der Waals surface area contributed by atoms with E-state index in [9.17, 15) is 9.59 Å². The molecule has 3 rings (SSSR count). The first kappa shape index (κ1) is 20.1. The van der Waals surface area contributed by atoms with Gasteiger partial charge in [-0.2, -0.15) is 4.99 Å². The van der Waals surface area contributed by atoms with Gasteiger partial charge in [0, 0.05) is 11.4 Å². The Morgan fingerprint density at radius 3 is 2.52 bits per heavy atom. The first-order valence-corrected chi connectivity index (χ1v) is 9.24. The summed E-state index contributed by atoms with van der Waals surface area (Å²) in [6.07, 6.45) is -0.0798. The number of anilines is 2. The van der Waals surface area contributed by atoms with E-state index in [-0.39, 0.29) is 30.2 Å². The van der Waals surface area contributed by atoms with E-state index in [1.54, 1.807) is 0 Å². The minimum Gasteiger partial charge on any atom is -0.369 e. The van der Waals surface area contributed by atoms with Crippen LogP contribution in [0.5, 0.6) is 0 Å². The van der Waals surface area contributed by atoms with E-state index >= 15 is 0 Å². The average Bonchev–Trinajstić information content (AvgIpc) is 2.98. The number of amides is 2. The Morgan fingerprint density at radius 1 is 1.10 bits per heavy atom. The number of nitrogens with one attached hydrogen (secondary N) is 3. The zero-order chi connectivity index (χ0) is 21.0. The highest BCUT2D eigenvalue weighted by Gasteiger charge is 2.28. The van der Waals surface area contributed by atoms with Crippen LogP contribution in [0.4, 0.5) is 11.4 Å². The number of carbonyl (C=O) groups is 2. The van der Waals surface area contributed by atoms with Gasteiger partial charge in [-0.1, -0.05) is 29.8 Å². The maximum atomic E-state index is 12.3. The van der Waals surface area contributed by atoms with E-state index in [0.29, 0.717) is 0 Å². The van der Waals surface area contributed by atoms with Crippen molar-refractivity contribution >= 4 is 35.1 Å². The van der Waals surface area contributed by atoms with Gasteiger partial charge in [-0.25, -0.2) is 4.99 Å². The molecule has 8 nitrogen and oxygen atoms in total. The van der Waals surface area contributed by atoms with Gasteiger partial charge in [-0.05, 0) is 50.1 Å². The smallest absolute Gasteiger partial charge is 0.252 e. The third-order valence-corrected chi connectivity index (χ3v) is 4.41. The third kappa shape index (κ3) is 5.41. The summed E-state index contributed by atoms with van der Waals surface area (Å²) in [6, 6.07) is 12.6. The highest BCUT2D eigenvalue weighted by atomic mass is 16.2. The standard InChI is InChI=1S/C21H24N6O2/c1-12-5-8-15(9-6-12)23-20(22)27-21-25-17(19(29)26-21)11-18(28)24-16-10-13(2)4-7-14(16)3/h4-10,17H,11H2,1-3H3,(H,24,28)(H4,22,23,25,26,27,29). The van der Waals surface area contributed by atoms with E-state index in [1.807, 2.05) is 63.2 Å². The Bertz CT molecular complexity index is 995. The van der Waals surface area contributed by atoms with Crippen LogP contribution in [0.1, 0.15) is 23.1 Å². The van der Waals surface area contributed by atoms with Crippen LogP contribution in [-0.2, 0) is 9.59 Å². The molecule has 2 amide bonds. The van der Waals surface area contributed by atoms with Gasteiger partial charge in [0.15, 0.2) is 0 Å². The summed E-state index contributed by atoms with van der Waals surface area (Å²) in [4.78, 5) is 32.7. The quantitative estimate of drug-likeness (QED) is 0.471. The molecule has 0 saturated carbocycles. The van der Waals surface area contributed by atoms with E-state index in [0.717, 1.165) is 28.1 Å². The van der Waals surface area contributed by atoms with Crippen molar-refractivity contribution in [3.8, 4) is 0 Å². The lowest BCUT2D eigenvalue weighted by molar-refractivity contribution is -0.123. The molecule has 2 aromatic rings. The van der Waals surface area contributed by atoms with Crippen LogP contribution < -0.4 is 21.7 Å². The Kier molecular flexibility index (Phi) is 5.92. The molecule has 2 aromatic carbocycles. The van der Waals surface area contributed by atoms with Crippen LogP contribution in [0.25, 0.3) is 0 Å². The Hall–Kier alpha value is -3.68. The number of rotatable bonds is 4. The van der Waals surface area contributed by atoms with E-state index in [2.05, 4.69) is 25.9 Å². The average molecular weight is 392 g/mol. The molecule has 8 heteroatoms. The Morgan fingerprint density at radius 2 is 1.79 bits per heavy atom. The van der Waals surface area contributed by atoms with Crippen molar-refractivity contribution in [1.29, 1.82) is 0 Å². The van der Waals surface area contributed by atoms with E-state index < -0.39 is 6.04 Å². The van der Waals surface area contributed by atoms with Crippen molar-refractivity contribution in [2.75, 3.05) is 10.6 Å². The van der Waals surface area contributed by atoms with Gasteiger partial charge in [-0.3, -0.25) is 14.9 Å². The van der Waals surface area contributed by atoms with Crippen LogP contribution in [0.3, 0.4) is 0 Å². The molecule has 0 saturated heterocycles. The predicted octanol–water partition coefficient (Wildman–Crippen LogP) is 2.22. The molecule has 0 aromatic heterocycles. The summed E-state index contributed by atoms with van der Waals surface area (Å²) in [7, 11) is 0. The molecule has 5 N–H and O–H groups in total. The van der Waals surface area contributed by atoms with Crippen LogP contribution in [-0.4, -0.2) is 29.8 Å². The number of benzene rings is 2. The summed E-state index contributed by atoms with van der Waals surface area (Å²) in [5, 5.41) is 8.30. The van der Waals surface area contributed by atoms with Gasteiger partial charge in [0.25, 0.3) is 5.91 Å². The summed E-state index contributed by atoms with van der Waals surface area (Å²) in [5.41, 5.74) is 10.5. The highest BCUT2D eigenvalue weighted by molar-refractivity contribution is 6.11. The SMILES string of the molecule is Cc1ccc(N/C(N)=N/C2=NC(CC(=O)Nc3cc(C)ccc3C)C(=O)N2)cc1. The molecule has 1 unspecified atom stereocenters. The van der Waals surface area contributed by atoms with Crippen molar-refractivity contribution in [2.45, 2.75) is 33.2 Å². The second kappa shape index (κ2) is 8.55. The molecule has 0 aliphatic carbocycles. The van der Waals surface area contributed by atoms with Crippen molar-refractivity contribution < 1.29 is 9.59 Å². The van der Waals surface area contributed by atoms with Crippen LogP contribution in [0.15, 0.2) is 52.4 Å². The minimum atomic E-state index is -0.842. The number of nitrogens with zero attached hydrogens (tertiary/aromatic N) is 2. The van der Waals surface area contributed by atoms with Crippen molar-refractivity contribution in [1.82, 2.24) is 5.32 Å². The zero-order valence-corrected chi connectivity index (χ0v) is 16.6. The molecule has 150 valence electrons. The minimum absolute atomic E-state index is 0.0798. The van der Waals surface area contributed by atoms with Gasteiger partial charge in [-0.15, -0.1) is 0 Å². The first-order valence-electron chi connectivity index (χ1n) is 9.24. The van der Waals surface area contributed by atoms with Gasteiger partial charge in [0.2, 0.25) is 17.8 Å². The molecular weight excluding hydrogens is 368 g/mol. The summed E-state index contributed by atoms with van der Waals surface area (Å²) in [6.45, 7) is 5.84. The maximum absolute atomic E-state index is 12.3. The van der Waals surface area contributed by atoms with Crippen molar-refractivity contribution in [3.63, 3.8) is 0 Å². The fourth-order valence-corrected chi connectivity index (χ4v) is 2.80. The molecule has 0 bridgehead atoms. The molecule has 1 aliphatic rings. The summed E-state index contributed by atoms with van der Waals surface area (Å²) in [5.74, 6) is -0.508. The van der Waals surface area contributed by atoms with E-state index in [4.69, 9.17) is 5.73 Å². The highest BCUT2D eigenvalue weighted by Crippen LogP contribution is 2.17. The Labute approximate surface area is 169 Å². The number of carbonyl (C=O) groups excluding carboxylic acids is 2. The number of guanidine groups is 2. The molecule has 29 heavy (non-hydrogen) atoms. The van der Waals surface area contributed by atoms with E-state index in [1.165, 1.54) is 0 Å². The zero-order valence-electron chi connectivity index (χ0n) is 16.6. The first-order chi connectivity index (χ1) is 13.8. The van der Waals surface area contributed by atoms with Gasteiger partial charge in [0.05, 0.1) is 6.42 Å². The molecule has 1 atom stereocenters. The van der Waals surface area contributed by atoms with Crippen LogP contribution >= 0.6 is 0 Å². The van der Waals surface area contributed by atoms with Gasteiger partial charge in [0.1, 0.15) is 6.04 Å². The lowest BCUT2D eigenvalue weighted by Crippen LogP contribution is -2.32. The maximum Gasteiger partial charge on any atom is 0.252 e. The number of hydrogen-bond acceptors (Lipinski definition) is 4. The lowest BCUT2D eigenvalue weighted by Gasteiger charge is -2.10. The topological polar surface area (TPSA) is 121 Å². The summed E-state index contributed by atoms with van der Waals surface area (Å²) < 4.78 is 0. The number of nitrogens with two attached hydrogens (primary N) is 1. The molecular formula is C21H24N6O2. The monoisotopic (exact) mass is 392 g/mol. The predicted molar refractivity (Wildman–Crippen MR) is 115 cm³/mol. The lowest BCUT2D eigenvalue weighted by atomic mass is 10.1. The number of aryl methyl sites for hydroxylation is 3. The van der Waals surface area contributed by atoms with Gasteiger partial charge < -0.3 is 16.4 Å². The number of aliphatic imine (C=N–C) groups is 2. The van der Waals surface area contributed by atoms with Crippen molar-refractivity contribution in [3.05, 3.63) is 59.2 Å². The normalized spacial score (nSPS) is 16.2. The molecule has 0 fully saturated rings. The second-order valence-corrected chi connectivity index (χ2v) is 7.02. The largest absolute Gasteiger partial charge is 0.369 e. The van der Waals surface area contributed by atoms with Crippen LogP contribution in [0.2, 0.25) is 0 Å². The summed E-state index contributed by atoms with van der Waals surface area (Å²) >= 11 is 0. The molecule has 0 spiro atoms. The fraction of sp³-hybridized carbons (Fsp3) is 0.238.